The minimum absolute atomic E-state index is 0.00497. The number of aryl methyl sites for hydroxylation is 2. The molecule has 0 N–H and O–H groups in total. The van der Waals surface area contributed by atoms with Gasteiger partial charge in [0.05, 0.1) is 12.1 Å². The summed E-state index contributed by atoms with van der Waals surface area (Å²) in [6, 6.07) is 1.80. The van der Waals surface area contributed by atoms with Crippen molar-refractivity contribution in [3.05, 3.63) is 35.5 Å². The number of hydrogen-bond acceptors (Lipinski definition) is 6. The number of amides is 1. The number of carbonyl (C=O) groups excluding carboxylic acids is 1. The molecule has 0 aliphatic carbocycles. The molecule has 1 amide bonds. The molecule has 0 bridgehead atoms. The lowest BCUT2D eigenvalue weighted by Crippen LogP contribution is -2.44. The number of hydrogen-bond donors (Lipinski definition) is 0. The molecule has 0 aromatic carbocycles. The molecule has 25 heavy (non-hydrogen) atoms. The summed E-state index contributed by atoms with van der Waals surface area (Å²) in [5, 5.41) is 0. The first-order valence-corrected chi connectivity index (χ1v) is 8.47. The Hall–Kier alpha value is -2.57. The van der Waals surface area contributed by atoms with Crippen LogP contribution in [0.25, 0.3) is 0 Å². The Bertz CT molecular complexity index is 757. The Labute approximate surface area is 147 Å². The highest BCUT2D eigenvalue weighted by molar-refractivity contribution is 5.95. The molecule has 0 spiro atoms. The van der Waals surface area contributed by atoms with E-state index in [2.05, 4.69) is 9.97 Å². The highest BCUT2D eigenvalue weighted by atomic mass is 16.5. The van der Waals surface area contributed by atoms with Crippen molar-refractivity contribution < 1.29 is 13.9 Å². The second kappa shape index (κ2) is 7.13. The minimum Gasteiger partial charge on any atom is -0.470 e. The SMILES string of the molecule is Cc1cc(C(=O)N2CCCC(Oc3nccnc3N(C)C)C2)c(C)o1. The van der Waals surface area contributed by atoms with Crippen molar-refractivity contribution >= 4 is 11.7 Å². The maximum atomic E-state index is 12.8. The van der Waals surface area contributed by atoms with E-state index in [1.54, 1.807) is 18.5 Å². The molecule has 0 radical (unpaired) electrons. The van der Waals surface area contributed by atoms with Gasteiger partial charge in [0.25, 0.3) is 11.8 Å². The summed E-state index contributed by atoms with van der Waals surface area (Å²) < 4.78 is 11.6. The van der Waals surface area contributed by atoms with E-state index in [-0.39, 0.29) is 12.0 Å². The Morgan fingerprint density at radius 1 is 1.32 bits per heavy atom. The monoisotopic (exact) mass is 344 g/mol. The third-order valence-corrected chi connectivity index (χ3v) is 4.29. The Morgan fingerprint density at radius 2 is 2.08 bits per heavy atom. The molecule has 3 rings (SSSR count). The molecule has 134 valence electrons. The fraction of sp³-hybridized carbons (Fsp3) is 0.500. The van der Waals surface area contributed by atoms with Gasteiger partial charge in [-0.3, -0.25) is 4.79 Å². The Kier molecular flexibility index (Phi) is 4.92. The molecule has 2 aromatic rings. The summed E-state index contributed by atoms with van der Waals surface area (Å²) in [7, 11) is 3.80. The number of furan rings is 1. The molecule has 7 nitrogen and oxygen atoms in total. The summed E-state index contributed by atoms with van der Waals surface area (Å²) in [6.07, 6.45) is 4.94. The summed E-state index contributed by atoms with van der Waals surface area (Å²) in [5.74, 6) is 2.60. The fourth-order valence-electron chi connectivity index (χ4n) is 3.10. The predicted octanol–water partition coefficient (Wildman–Crippen LogP) is 2.44. The second-order valence-corrected chi connectivity index (χ2v) is 6.54. The maximum absolute atomic E-state index is 12.8. The van der Waals surface area contributed by atoms with Crippen LogP contribution >= 0.6 is 0 Å². The number of aromatic nitrogens is 2. The van der Waals surface area contributed by atoms with Crippen molar-refractivity contribution in [1.29, 1.82) is 0 Å². The summed E-state index contributed by atoms with van der Waals surface area (Å²) in [4.78, 5) is 25.1. The number of piperidine rings is 1. The zero-order chi connectivity index (χ0) is 18.0. The smallest absolute Gasteiger partial charge is 0.257 e. The van der Waals surface area contributed by atoms with E-state index in [0.29, 0.717) is 29.6 Å². The maximum Gasteiger partial charge on any atom is 0.257 e. The third kappa shape index (κ3) is 3.75. The van der Waals surface area contributed by atoms with Crippen LogP contribution in [0.3, 0.4) is 0 Å². The average molecular weight is 344 g/mol. The standard InChI is InChI=1S/C18H24N4O3/c1-12-10-15(13(2)24-12)18(23)22-9-5-6-14(11-22)25-17-16(21(3)4)19-7-8-20-17/h7-8,10,14H,5-6,9,11H2,1-4H3. The van der Waals surface area contributed by atoms with Crippen LogP contribution in [0.15, 0.2) is 22.9 Å². The van der Waals surface area contributed by atoms with Crippen molar-refractivity contribution in [3.63, 3.8) is 0 Å². The van der Waals surface area contributed by atoms with Crippen LogP contribution < -0.4 is 9.64 Å². The molecule has 0 saturated carbocycles. The van der Waals surface area contributed by atoms with Crippen molar-refractivity contribution in [2.24, 2.45) is 0 Å². The van der Waals surface area contributed by atoms with Gasteiger partial charge in [-0.1, -0.05) is 0 Å². The normalized spacial score (nSPS) is 17.4. The van der Waals surface area contributed by atoms with Gasteiger partial charge in [0, 0.05) is 33.0 Å². The fourth-order valence-corrected chi connectivity index (χ4v) is 3.10. The summed E-state index contributed by atoms with van der Waals surface area (Å²) in [6.45, 7) is 4.93. The quantitative estimate of drug-likeness (QED) is 0.848. The van der Waals surface area contributed by atoms with E-state index < -0.39 is 0 Å². The predicted molar refractivity (Wildman–Crippen MR) is 94.1 cm³/mol. The molecule has 1 aliphatic heterocycles. The number of carbonyl (C=O) groups is 1. The van der Waals surface area contributed by atoms with Crippen molar-refractivity contribution in [2.45, 2.75) is 32.8 Å². The van der Waals surface area contributed by atoms with Gasteiger partial charge in [0.2, 0.25) is 0 Å². The number of ether oxygens (including phenoxy) is 1. The van der Waals surface area contributed by atoms with Crippen LogP contribution in [0.1, 0.15) is 34.7 Å². The molecule has 1 unspecified atom stereocenters. The molecule has 1 saturated heterocycles. The van der Waals surface area contributed by atoms with E-state index in [0.717, 1.165) is 25.1 Å². The van der Waals surface area contributed by atoms with Gasteiger partial charge in [0.1, 0.15) is 17.6 Å². The van der Waals surface area contributed by atoms with E-state index in [1.165, 1.54) is 0 Å². The number of anilines is 1. The molecular weight excluding hydrogens is 320 g/mol. The van der Waals surface area contributed by atoms with Crippen molar-refractivity contribution in [2.75, 3.05) is 32.1 Å². The van der Waals surface area contributed by atoms with Gasteiger partial charge < -0.3 is 19.0 Å². The number of rotatable bonds is 4. The lowest BCUT2D eigenvalue weighted by molar-refractivity contribution is 0.0526. The highest BCUT2D eigenvalue weighted by Gasteiger charge is 2.28. The molecular formula is C18H24N4O3. The van der Waals surface area contributed by atoms with E-state index in [9.17, 15) is 4.79 Å². The van der Waals surface area contributed by atoms with Crippen molar-refractivity contribution in [1.82, 2.24) is 14.9 Å². The molecule has 3 heterocycles. The number of likely N-dealkylation sites (tertiary alicyclic amines) is 1. The van der Waals surface area contributed by atoms with E-state index >= 15 is 0 Å². The van der Waals surface area contributed by atoms with Crippen LogP contribution in [-0.4, -0.2) is 54.1 Å². The van der Waals surface area contributed by atoms with Crippen molar-refractivity contribution in [3.8, 4) is 5.88 Å². The number of nitrogens with zero attached hydrogens (tertiary/aromatic N) is 4. The third-order valence-electron chi connectivity index (χ3n) is 4.29. The Balaban J connectivity index is 1.71. The van der Waals surface area contributed by atoms with Gasteiger partial charge in [-0.05, 0) is 32.8 Å². The van der Waals surface area contributed by atoms with E-state index in [4.69, 9.17) is 9.15 Å². The average Bonchev–Trinajstić information content (AvgIpc) is 2.93. The molecule has 1 fully saturated rings. The highest BCUT2D eigenvalue weighted by Crippen LogP contribution is 2.25. The summed E-state index contributed by atoms with van der Waals surface area (Å²) in [5.41, 5.74) is 0.631. The second-order valence-electron chi connectivity index (χ2n) is 6.54. The first-order chi connectivity index (χ1) is 12.0. The van der Waals surface area contributed by atoms with Gasteiger partial charge in [-0.25, -0.2) is 9.97 Å². The lowest BCUT2D eigenvalue weighted by atomic mass is 10.1. The minimum atomic E-state index is -0.0959. The lowest BCUT2D eigenvalue weighted by Gasteiger charge is -2.33. The summed E-state index contributed by atoms with van der Waals surface area (Å²) >= 11 is 0. The van der Waals surface area contributed by atoms with Gasteiger partial charge >= 0.3 is 0 Å². The largest absolute Gasteiger partial charge is 0.470 e. The molecule has 7 heteroatoms. The van der Waals surface area contributed by atoms with Crippen LogP contribution in [0.2, 0.25) is 0 Å². The molecule has 2 aromatic heterocycles. The van der Waals surface area contributed by atoms with Crippen LogP contribution in [0.5, 0.6) is 5.88 Å². The first-order valence-electron chi connectivity index (χ1n) is 8.47. The van der Waals surface area contributed by atoms with Gasteiger partial charge in [-0.2, -0.15) is 0 Å². The Morgan fingerprint density at radius 3 is 2.76 bits per heavy atom. The van der Waals surface area contributed by atoms with Crippen LogP contribution in [0.4, 0.5) is 5.82 Å². The zero-order valence-corrected chi connectivity index (χ0v) is 15.2. The van der Waals surface area contributed by atoms with E-state index in [1.807, 2.05) is 37.7 Å². The van der Waals surface area contributed by atoms with Gasteiger partial charge in [-0.15, -0.1) is 0 Å². The van der Waals surface area contributed by atoms with Gasteiger partial charge in [0.15, 0.2) is 5.82 Å². The zero-order valence-electron chi connectivity index (χ0n) is 15.2. The topological polar surface area (TPSA) is 71.7 Å². The first kappa shape index (κ1) is 17.3. The van der Waals surface area contributed by atoms with Crippen LogP contribution in [-0.2, 0) is 0 Å². The molecule has 1 atom stereocenters. The molecule has 1 aliphatic rings. The van der Waals surface area contributed by atoms with Crippen LogP contribution in [0, 0.1) is 13.8 Å².